The minimum Gasteiger partial charge on any atom is -0.480 e. The number of rotatable bonds is 5. The number of hydrogen-bond acceptors (Lipinski definition) is 2. The van der Waals surface area contributed by atoms with E-state index in [9.17, 15) is 9.90 Å². The zero-order valence-electron chi connectivity index (χ0n) is 12.5. The van der Waals surface area contributed by atoms with Gasteiger partial charge in [0.05, 0.1) is 0 Å². The predicted octanol–water partition coefficient (Wildman–Crippen LogP) is 2.69. The fraction of sp³-hybridized carbons (Fsp3) is 0.438. The van der Waals surface area contributed by atoms with E-state index in [0.29, 0.717) is 6.54 Å². The number of nitrogens with zero attached hydrogens (tertiary/aromatic N) is 1. The van der Waals surface area contributed by atoms with Crippen LogP contribution < -0.4 is 5.32 Å². The van der Waals surface area contributed by atoms with Crippen LogP contribution in [0.2, 0.25) is 0 Å². The van der Waals surface area contributed by atoms with Crippen molar-refractivity contribution < 1.29 is 9.90 Å². The van der Waals surface area contributed by atoms with Crippen LogP contribution in [0.1, 0.15) is 25.1 Å². The molecule has 0 saturated carbocycles. The first-order chi connectivity index (χ1) is 9.43. The molecule has 2 rings (SSSR count). The van der Waals surface area contributed by atoms with Gasteiger partial charge in [0.2, 0.25) is 0 Å². The Hall–Kier alpha value is -1.81. The first kappa shape index (κ1) is 14.6. The third-order valence-electron chi connectivity index (χ3n) is 3.93. The minimum absolute atomic E-state index is 0.0579. The van der Waals surface area contributed by atoms with Crippen molar-refractivity contribution in [1.29, 1.82) is 0 Å². The van der Waals surface area contributed by atoms with Crippen molar-refractivity contribution in [1.82, 2.24) is 9.88 Å². The molecule has 1 heterocycles. The highest BCUT2D eigenvalue weighted by Gasteiger charge is 2.21. The normalized spacial score (nSPS) is 13.1. The van der Waals surface area contributed by atoms with Crippen LogP contribution in [0.3, 0.4) is 0 Å². The molecule has 0 amide bonds. The van der Waals surface area contributed by atoms with E-state index < -0.39 is 12.0 Å². The van der Waals surface area contributed by atoms with Gasteiger partial charge in [0.25, 0.3) is 0 Å². The van der Waals surface area contributed by atoms with Gasteiger partial charge < -0.3 is 9.67 Å². The number of carboxylic acid groups (broad SMARTS) is 1. The largest absolute Gasteiger partial charge is 0.480 e. The third kappa shape index (κ3) is 2.56. The van der Waals surface area contributed by atoms with Gasteiger partial charge in [-0.2, -0.15) is 0 Å². The maximum absolute atomic E-state index is 11.2. The second-order valence-corrected chi connectivity index (χ2v) is 5.59. The zero-order chi connectivity index (χ0) is 14.9. The van der Waals surface area contributed by atoms with Gasteiger partial charge in [-0.3, -0.25) is 10.1 Å². The highest BCUT2D eigenvalue weighted by Crippen LogP contribution is 2.24. The van der Waals surface area contributed by atoms with Gasteiger partial charge in [0.1, 0.15) is 6.04 Å². The summed E-state index contributed by atoms with van der Waals surface area (Å²) in [7, 11) is 2.03. The average Bonchev–Trinajstić information content (AvgIpc) is 2.63. The highest BCUT2D eigenvalue weighted by molar-refractivity contribution is 5.85. The first-order valence-electron chi connectivity index (χ1n) is 6.92. The number of fused-ring (bicyclic) bond motifs is 1. The van der Waals surface area contributed by atoms with Crippen LogP contribution in [-0.4, -0.2) is 21.7 Å². The maximum Gasteiger partial charge on any atom is 0.320 e. The molecule has 0 saturated heterocycles. The van der Waals surface area contributed by atoms with E-state index in [0.717, 1.165) is 5.69 Å². The molecule has 0 fully saturated rings. The standard InChI is InChI=1S/C16H22N2O2/c1-10(2)15(16(19)20)17-9-14-11(3)12-7-5-6-8-13(12)18(14)4/h5-8,10,15,17H,9H2,1-4H3,(H,19,20). The smallest absolute Gasteiger partial charge is 0.320 e. The lowest BCUT2D eigenvalue weighted by atomic mass is 10.0. The van der Waals surface area contributed by atoms with Crippen molar-refractivity contribution in [3.05, 3.63) is 35.5 Å². The van der Waals surface area contributed by atoms with Crippen molar-refractivity contribution in [2.24, 2.45) is 13.0 Å². The summed E-state index contributed by atoms with van der Waals surface area (Å²) in [6.07, 6.45) is 0. The molecule has 0 spiro atoms. The molecule has 2 aromatic rings. The van der Waals surface area contributed by atoms with E-state index >= 15 is 0 Å². The molecule has 20 heavy (non-hydrogen) atoms. The van der Waals surface area contributed by atoms with E-state index in [2.05, 4.69) is 28.9 Å². The molecule has 0 radical (unpaired) electrons. The van der Waals surface area contributed by atoms with Gasteiger partial charge in [-0.05, 0) is 24.5 Å². The molecular weight excluding hydrogens is 252 g/mol. The topological polar surface area (TPSA) is 54.3 Å². The summed E-state index contributed by atoms with van der Waals surface area (Å²) in [5.41, 5.74) is 3.53. The Balaban J connectivity index is 2.28. The third-order valence-corrected chi connectivity index (χ3v) is 3.93. The van der Waals surface area contributed by atoms with Crippen molar-refractivity contribution in [2.45, 2.75) is 33.4 Å². The molecule has 2 N–H and O–H groups in total. The van der Waals surface area contributed by atoms with Gasteiger partial charge >= 0.3 is 5.97 Å². The monoisotopic (exact) mass is 274 g/mol. The van der Waals surface area contributed by atoms with E-state index in [1.54, 1.807) is 0 Å². The second-order valence-electron chi connectivity index (χ2n) is 5.59. The number of benzene rings is 1. The van der Waals surface area contributed by atoms with Gasteiger partial charge in [-0.15, -0.1) is 0 Å². The summed E-state index contributed by atoms with van der Waals surface area (Å²) in [4.78, 5) is 11.2. The lowest BCUT2D eigenvalue weighted by Gasteiger charge is -2.18. The molecule has 1 aromatic carbocycles. The summed E-state index contributed by atoms with van der Waals surface area (Å²) >= 11 is 0. The number of para-hydroxylation sites is 1. The molecule has 1 unspecified atom stereocenters. The number of carboxylic acids is 1. The fourth-order valence-electron chi connectivity index (χ4n) is 2.70. The summed E-state index contributed by atoms with van der Waals surface area (Å²) in [5.74, 6) is -0.737. The summed E-state index contributed by atoms with van der Waals surface area (Å²) < 4.78 is 2.14. The summed E-state index contributed by atoms with van der Waals surface area (Å²) in [6, 6.07) is 7.72. The first-order valence-corrected chi connectivity index (χ1v) is 6.92. The average molecular weight is 274 g/mol. The number of aromatic nitrogens is 1. The Kier molecular flexibility index (Phi) is 4.14. The minimum atomic E-state index is -0.795. The van der Waals surface area contributed by atoms with Crippen LogP contribution in [0, 0.1) is 12.8 Å². The number of hydrogen-bond donors (Lipinski definition) is 2. The van der Waals surface area contributed by atoms with Crippen LogP contribution in [0.25, 0.3) is 10.9 Å². The summed E-state index contributed by atoms with van der Waals surface area (Å²) in [6.45, 7) is 6.48. The molecule has 0 aliphatic carbocycles. The number of aliphatic carboxylic acids is 1. The Morgan fingerprint density at radius 2 is 2.00 bits per heavy atom. The van der Waals surface area contributed by atoms with Gasteiger partial charge in [0.15, 0.2) is 0 Å². The van der Waals surface area contributed by atoms with Crippen LogP contribution in [0.15, 0.2) is 24.3 Å². The van der Waals surface area contributed by atoms with E-state index in [-0.39, 0.29) is 5.92 Å². The van der Waals surface area contributed by atoms with Crippen molar-refractivity contribution >= 4 is 16.9 Å². The number of carbonyl (C=O) groups is 1. The molecule has 0 aliphatic heterocycles. The predicted molar refractivity (Wildman–Crippen MR) is 80.8 cm³/mol. The van der Waals surface area contributed by atoms with Crippen LogP contribution in [-0.2, 0) is 18.4 Å². The maximum atomic E-state index is 11.2. The quantitative estimate of drug-likeness (QED) is 0.881. The van der Waals surface area contributed by atoms with Gasteiger partial charge in [0, 0.05) is 30.2 Å². The van der Waals surface area contributed by atoms with Crippen molar-refractivity contribution in [3.8, 4) is 0 Å². The van der Waals surface area contributed by atoms with Gasteiger partial charge in [-0.25, -0.2) is 0 Å². The van der Waals surface area contributed by atoms with E-state index in [1.807, 2.05) is 33.0 Å². The van der Waals surface area contributed by atoms with Crippen molar-refractivity contribution in [2.75, 3.05) is 0 Å². The van der Waals surface area contributed by atoms with Crippen molar-refractivity contribution in [3.63, 3.8) is 0 Å². The Morgan fingerprint density at radius 3 is 2.55 bits per heavy atom. The van der Waals surface area contributed by atoms with Crippen LogP contribution >= 0.6 is 0 Å². The van der Waals surface area contributed by atoms with Crippen LogP contribution in [0.4, 0.5) is 0 Å². The molecule has 4 nitrogen and oxygen atoms in total. The Morgan fingerprint density at radius 1 is 1.35 bits per heavy atom. The Bertz CT molecular complexity index is 590. The molecule has 0 aliphatic rings. The lowest BCUT2D eigenvalue weighted by Crippen LogP contribution is -2.40. The lowest BCUT2D eigenvalue weighted by molar-refractivity contribution is -0.140. The number of nitrogens with one attached hydrogen (secondary N) is 1. The second kappa shape index (κ2) is 5.67. The highest BCUT2D eigenvalue weighted by atomic mass is 16.4. The zero-order valence-corrected chi connectivity index (χ0v) is 12.5. The molecule has 108 valence electrons. The molecule has 0 bridgehead atoms. The summed E-state index contributed by atoms with van der Waals surface area (Å²) in [5, 5.41) is 13.6. The molecule has 4 heteroatoms. The van der Waals surface area contributed by atoms with E-state index in [1.165, 1.54) is 16.5 Å². The van der Waals surface area contributed by atoms with E-state index in [4.69, 9.17) is 0 Å². The SMILES string of the molecule is Cc1c(CNC(C(=O)O)C(C)C)n(C)c2ccccc12. The molecule has 1 atom stereocenters. The fourth-order valence-corrected chi connectivity index (χ4v) is 2.70. The molecule has 1 aromatic heterocycles. The number of aryl methyl sites for hydroxylation is 2. The molecular formula is C16H22N2O2. The Labute approximate surface area is 119 Å². The van der Waals surface area contributed by atoms with Gasteiger partial charge in [-0.1, -0.05) is 32.0 Å². The van der Waals surface area contributed by atoms with Crippen LogP contribution in [0.5, 0.6) is 0 Å².